The summed E-state index contributed by atoms with van der Waals surface area (Å²) in [5.74, 6) is -0.0807. The van der Waals surface area contributed by atoms with Gasteiger partial charge in [-0.3, -0.25) is 14.0 Å². The summed E-state index contributed by atoms with van der Waals surface area (Å²) in [4.78, 5) is 38.5. The molecule has 0 unspecified atom stereocenters. The molecule has 1 aliphatic heterocycles. The number of hydrogen-bond acceptors (Lipinski definition) is 8. The van der Waals surface area contributed by atoms with E-state index in [1.165, 1.54) is 6.92 Å². The third-order valence-corrected chi connectivity index (χ3v) is 6.33. The minimum absolute atomic E-state index is 0.0452. The van der Waals surface area contributed by atoms with Crippen molar-refractivity contribution in [3.63, 3.8) is 0 Å². The maximum absolute atomic E-state index is 12.8. The van der Waals surface area contributed by atoms with Crippen molar-refractivity contribution in [1.29, 1.82) is 0 Å². The first kappa shape index (κ1) is 28.0. The fraction of sp³-hybridized carbons (Fsp3) is 0.444. The molecule has 2 atom stereocenters. The SMILES string of the molecule is CC(=O)N[C@@H]1CCN(C(=O)OCc2cccc3nnc([C@@H](COCc4ccccc4)NC(=O)C(C)(C)N)n23)C1. The molecule has 12 heteroatoms. The van der Waals surface area contributed by atoms with Gasteiger partial charge in [0.15, 0.2) is 11.5 Å². The molecule has 0 saturated carbocycles. The lowest BCUT2D eigenvalue weighted by Gasteiger charge is -2.24. The number of carbonyl (C=O) groups is 3. The summed E-state index contributed by atoms with van der Waals surface area (Å²) in [5.41, 5.74) is 7.05. The van der Waals surface area contributed by atoms with Crippen LogP contribution in [0.4, 0.5) is 4.79 Å². The summed E-state index contributed by atoms with van der Waals surface area (Å²) >= 11 is 0. The van der Waals surface area contributed by atoms with Crippen LogP contribution in [0.3, 0.4) is 0 Å². The van der Waals surface area contributed by atoms with E-state index >= 15 is 0 Å². The van der Waals surface area contributed by atoms with Crippen LogP contribution in [0.15, 0.2) is 48.5 Å². The van der Waals surface area contributed by atoms with Crippen molar-refractivity contribution in [2.75, 3.05) is 19.7 Å². The first-order valence-electron chi connectivity index (χ1n) is 12.8. The number of fused-ring (bicyclic) bond motifs is 1. The number of ether oxygens (including phenoxy) is 2. The summed E-state index contributed by atoms with van der Waals surface area (Å²) in [6, 6.07) is 14.3. The van der Waals surface area contributed by atoms with Gasteiger partial charge in [-0.25, -0.2) is 4.79 Å². The Morgan fingerprint density at radius 3 is 2.59 bits per heavy atom. The van der Waals surface area contributed by atoms with E-state index < -0.39 is 17.7 Å². The highest BCUT2D eigenvalue weighted by atomic mass is 16.6. The van der Waals surface area contributed by atoms with Crippen molar-refractivity contribution in [2.45, 2.75) is 58.0 Å². The molecule has 3 amide bonds. The third-order valence-electron chi connectivity index (χ3n) is 6.33. The Hall–Kier alpha value is -4.03. The Morgan fingerprint density at radius 2 is 1.87 bits per heavy atom. The molecular weight excluding hydrogens is 502 g/mol. The molecule has 0 spiro atoms. The number of aromatic nitrogens is 3. The Labute approximate surface area is 226 Å². The largest absolute Gasteiger partial charge is 0.443 e. The highest BCUT2D eigenvalue weighted by Gasteiger charge is 2.30. The Morgan fingerprint density at radius 1 is 1.10 bits per heavy atom. The number of rotatable bonds is 10. The number of nitrogens with two attached hydrogens (primary N) is 1. The lowest BCUT2D eigenvalue weighted by Crippen LogP contribution is -2.51. The number of hydrogen-bond donors (Lipinski definition) is 3. The summed E-state index contributed by atoms with van der Waals surface area (Å²) in [6.07, 6.45) is 0.192. The molecule has 2 aromatic heterocycles. The van der Waals surface area contributed by atoms with Crippen molar-refractivity contribution in [3.05, 3.63) is 65.6 Å². The van der Waals surface area contributed by atoms with Gasteiger partial charge in [0.2, 0.25) is 11.8 Å². The Kier molecular flexibility index (Phi) is 8.77. The first-order chi connectivity index (χ1) is 18.6. The fourth-order valence-corrected chi connectivity index (χ4v) is 4.32. The van der Waals surface area contributed by atoms with Crippen LogP contribution < -0.4 is 16.4 Å². The molecule has 1 fully saturated rings. The van der Waals surface area contributed by atoms with E-state index in [-0.39, 0.29) is 31.1 Å². The van der Waals surface area contributed by atoms with E-state index in [9.17, 15) is 14.4 Å². The fourth-order valence-electron chi connectivity index (χ4n) is 4.32. The Bertz CT molecular complexity index is 1300. The lowest BCUT2D eigenvalue weighted by atomic mass is 10.1. The van der Waals surface area contributed by atoms with Crippen molar-refractivity contribution in [2.24, 2.45) is 5.73 Å². The zero-order valence-electron chi connectivity index (χ0n) is 22.4. The quantitative estimate of drug-likeness (QED) is 0.353. The molecule has 4 N–H and O–H groups in total. The van der Waals surface area contributed by atoms with Gasteiger partial charge in [0, 0.05) is 26.1 Å². The van der Waals surface area contributed by atoms with E-state index in [1.54, 1.807) is 41.3 Å². The average molecular weight is 538 g/mol. The molecule has 1 aliphatic rings. The molecule has 0 radical (unpaired) electrons. The molecule has 4 rings (SSSR count). The van der Waals surface area contributed by atoms with E-state index in [0.29, 0.717) is 43.3 Å². The number of benzene rings is 1. The van der Waals surface area contributed by atoms with Gasteiger partial charge in [0.05, 0.1) is 24.4 Å². The number of likely N-dealkylation sites (tertiary alicyclic amines) is 1. The second-order valence-corrected chi connectivity index (χ2v) is 10.2. The van der Waals surface area contributed by atoms with Gasteiger partial charge in [-0.1, -0.05) is 36.4 Å². The zero-order valence-corrected chi connectivity index (χ0v) is 22.4. The molecular formula is C27H35N7O5. The van der Waals surface area contributed by atoms with Crippen molar-refractivity contribution < 1.29 is 23.9 Å². The highest BCUT2D eigenvalue weighted by Crippen LogP contribution is 2.19. The molecule has 208 valence electrons. The maximum atomic E-state index is 12.8. The molecule has 0 aliphatic carbocycles. The average Bonchev–Trinajstić information content (AvgIpc) is 3.54. The first-order valence-corrected chi connectivity index (χ1v) is 12.8. The van der Waals surface area contributed by atoms with Crippen LogP contribution in [0, 0.1) is 0 Å². The standard InChI is InChI=1S/C27H35N7O5/c1-18(35)29-20-12-13-33(14-20)26(37)39-16-21-10-7-11-23-31-32-24(34(21)23)22(30-25(36)27(2,3)28)17-38-15-19-8-5-4-6-9-19/h4-11,20,22H,12-17,28H2,1-3H3,(H,29,35)(H,30,36)/t20-,22-/m1/s1. The van der Waals surface area contributed by atoms with E-state index in [1.807, 2.05) is 30.3 Å². The number of amides is 3. The summed E-state index contributed by atoms with van der Waals surface area (Å²) in [7, 11) is 0. The lowest BCUT2D eigenvalue weighted by molar-refractivity contribution is -0.126. The highest BCUT2D eigenvalue weighted by molar-refractivity contribution is 5.85. The molecule has 3 aromatic rings. The predicted molar refractivity (Wildman–Crippen MR) is 142 cm³/mol. The molecule has 39 heavy (non-hydrogen) atoms. The van der Waals surface area contributed by atoms with E-state index in [2.05, 4.69) is 20.8 Å². The van der Waals surface area contributed by atoms with Gasteiger partial charge in [-0.2, -0.15) is 0 Å². The van der Waals surface area contributed by atoms with Crippen LogP contribution >= 0.6 is 0 Å². The van der Waals surface area contributed by atoms with Crippen molar-refractivity contribution in [3.8, 4) is 0 Å². The van der Waals surface area contributed by atoms with E-state index in [4.69, 9.17) is 15.2 Å². The van der Waals surface area contributed by atoms with Crippen molar-refractivity contribution >= 4 is 23.6 Å². The number of nitrogens with one attached hydrogen (secondary N) is 2. The maximum Gasteiger partial charge on any atom is 0.410 e. The van der Waals surface area contributed by atoms with Gasteiger partial charge < -0.3 is 30.7 Å². The molecule has 1 saturated heterocycles. The molecule has 1 aromatic carbocycles. The zero-order chi connectivity index (χ0) is 28.0. The summed E-state index contributed by atoms with van der Waals surface area (Å²) < 4.78 is 13.3. The third kappa shape index (κ3) is 7.30. The normalized spacial score (nSPS) is 16.2. The van der Waals surface area contributed by atoms with Gasteiger partial charge in [-0.05, 0) is 38.0 Å². The predicted octanol–water partition coefficient (Wildman–Crippen LogP) is 1.69. The van der Waals surface area contributed by atoms with E-state index in [0.717, 1.165) is 5.56 Å². The monoisotopic (exact) mass is 537 g/mol. The summed E-state index contributed by atoms with van der Waals surface area (Å²) in [6.45, 7) is 5.99. The Balaban J connectivity index is 1.51. The molecule has 0 bridgehead atoms. The van der Waals surface area contributed by atoms with Crippen LogP contribution in [-0.4, -0.2) is 68.7 Å². The van der Waals surface area contributed by atoms with Crippen LogP contribution in [0.5, 0.6) is 0 Å². The van der Waals surface area contributed by atoms with Crippen LogP contribution in [0.1, 0.15) is 50.3 Å². The topological polar surface area (TPSA) is 153 Å². The second kappa shape index (κ2) is 12.2. The molecule has 12 nitrogen and oxygen atoms in total. The second-order valence-electron chi connectivity index (χ2n) is 10.2. The smallest absolute Gasteiger partial charge is 0.410 e. The number of nitrogens with zero attached hydrogens (tertiary/aromatic N) is 4. The molecule has 3 heterocycles. The van der Waals surface area contributed by atoms with Gasteiger partial charge in [0.25, 0.3) is 0 Å². The van der Waals surface area contributed by atoms with Gasteiger partial charge in [0.1, 0.15) is 12.6 Å². The summed E-state index contributed by atoms with van der Waals surface area (Å²) in [5, 5.41) is 14.4. The number of carbonyl (C=O) groups excluding carboxylic acids is 3. The minimum Gasteiger partial charge on any atom is -0.443 e. The van der Waals surface area contributed by atoms with Crippen LogP contribution in [0.25, 0.3) is 5.65 Å². The van der Waals surface area contributed by atoms with Crippen LogP contribution in [-0.2, 0) is 32.3 Å². The van der Waals surface area contributed by atoms with Crippen LogP contribution in [0.2, 0.25) is 0 Å². The van der Waals surface area contributed by atoms with Crippen molar-refractivity contribution in [1.82, 2.24) is 30.1 Å². The van der Waals surface area contributed by atoms with Gasteiger partial charge >= 0.3 is 6.09 Å². The number of pyridine rings is 1. The minimum atomic E-state index is -1.12. The van der Waals surface area contributed by atoms with Gasteiger partial charge in [-0.15, -0.1) is 10.2 Å².